The monoisotopic (exact) mass is 409 g/mol. The Morgan fingerprint density at radius 2 is 1.79 bits per heavy atom. The SMILES string of the molecule is COc1cc2c(cc1OC)CN(C(=O)c1occc1CSc1ccccc1)CC2. The lowest BCUT2D eigenvalue weighted by atomic mass is 9.98. The summed E-state index contributed by atoms with van der Waals surface area (Å²) in [5.74, 6) is 2.45. The quantitative estimate of drug-likeness (QED) is 0.548. The van der Waals surface area contributed by atoms with Crippen LogP contribution in [0.15, 0.2) is 64.1 Å². The van der Waals surface area contributed by atoms with E-state index in [1.807, 2.05) is 41.3 Å². The maximum absolute atomic E-state index is 13.1. The van der Waals surface area contributed by atoms with Gasteiger partial charge in [-0.25, -0.2) is 0 Å². The number of nitrogens with zero attached hydrogens (tertiary/aromatic N) is 1. The van der Waals surface area contributed by atoms with Crippen LogP contribution < -0.4 is 9.47 Å². The molecule has 0 radical (unpaired) electrons. The van der Waals surface area contributed by atoms with Gasteiger partial charge in [0.25, 0.3) is 5.91 Å². The topological polar surface area (TPSA) is 51.9 Å². The Kier molecular flexibility index (Phi) is 5.81. The summed E-state index contributed by atoms with van der Waals surface area (Å²) >= 11 is 1.69. The number of furan rings is 1. The summed E-state index contributed by atoms with van der Waals surface area (Å²) in [7, 11) is 3.25. The molecule has 2 heterocycles. The minimum atomic E-state index is -0.0703. The van der Waals surface area contributed by atoms with Gasteiger partial charge in [0.05, 0.1) is 20.5 Å². The van der Waals surface area contributed by atoms with E-state index in [1.54, 1.807) is 32.2 Å². The number of hydrogen-bond acceptors (Lipinski definition) is 5. The number of rotatable bonds is 6. The first-order chi connectivity index (χ1) is 14.2. The van der Waals surface area contributed by atoms with Gasteiger partial charge in [-0.1, -0.05) is 18.2 Å². The fourth-order valence-electron chi connectivity index (χ4n) is 3.51. The van der Waals surface area contributed by atoms with Crippen LogP contribution in [0.5, 0.6) is 11.5 Å². The Morgan fingerprint density at radius 3 is 2.52 bits per heavy atom. The van der Waals surface area contributed by atoms with Gasteiger partial charge < -0.3 is 18.8 Å². The van der Waals surface area contributed by atoms with Crippen LogP contribution in [0.4, 0.5) is 0 Å². The van der Waals surface area contributed by atoms with Crippen LogP contribution in [0.2, 0.25) is 0 Å². The highest BCUT2D eigenvalue weighted by Crippen LogP contribution is 2.34. The zero-order chi connectivity index (χ0) is 20.2. The second-order valence-corrected chi connectivity index (χ2v) is 7.88. The number of hydrogen-bond donors (Lipinski definition) is 0. The van der Waals surface area contributed by atoms with Gasteiger partial charge in [-0.05, 0) is 47.9 Å². The van der Waals surface area contributed by atoms with Crippen molar-refractivity contribution in [3.63, 3.8) is 0 Å². The van der Waals surface area contributed by atoms with Gasteiger partial charge in [-0.3, -0.25) is 4.79 Å². The third kappa shape index (κ3) is 4.12. The third-order valence-corrected chi connectivity index (χ3v) is 6.14. The standard InChI is InChI=1S/C23H23NO4S/c1-26-20-12-16-8-10-24(14-18(16)13-21(20)27-2)23(25)22-17(9-11-28-22)15-29-19-6-4-3-5-7-19/h3-7,9,11-13H,8,10,14-15H2,1-2H3. The summed E-state index contributed by atoms with van der Waals surface area (Å²) in [5.41, 5.74) is 3.18. The van der Waals surface area contributed by atoms with E-state index in [0.29, 0.717) is 30.4 Å². The molecule has 6 heteroatoms. The molecule has 0 unspecified atom stereocenters. The fraction of sp³-hybridized carbons (Fsp3) is 0.261. The minimum absolute atomic E-state index is 0.0703. The van der Waals surface area contributed by atoms with Gasteiger partial charge in [0.15, 0.2) is 17.3 Å². The molecule has 1 aromatic heterocycles. The maximum atomic E-state index is 13.1. The largest absolute Gasteiger partial charge is 0.493 e. The molecule has 1 aliphatic rings. The molecular weight excluding hydrogens is 386 g/mol. The van der Waals surface area contributed by atoms with Crippen molar-refractivity contribution in [1.82, 2.24) is 4.90 Å². The number of amides is 1. The van der Waals surface area contributed by atoms with Gasteiger partial charge in [-0.15, -0.1) is 11.8 Å². The van der Waals surface area contributed by atoms with Crippen molar-refractivity contribution in [2.75, 3.05) is 20.8 Å². The van der Waals surface area contributed by atoms with Crippen molar-refractivity contribution in [2.45, 2.75) is 23.6 Å². The molecule has 0 N–H and O–H groups in total. The molecule has 3 aromatic rings. The normalized spacial score (nSPS) is 13.1. The van der Waals surface area contributed by atoms with E-state index in [4.69, 9.17) is 13.9 Å². The number of benzene rings is 2. The van der Waals surface area contributed by atoms with Crippen LogP contribution in [-0.4, -0.2) is 31.6 Å². The Bertz CT molecular complexity index is 999. The van der Waals surface area contributed by atoms with E-state index < -0.39 is 0 Å². The Labute approximate surface area is 174 Å². The van der Waals surface area contributed by atoms with Gasteiger partial charge in [0.2, 0.25) is 0 Å². The summed E-state index contributed by atoms with van der Waals surface area (Å²) in [6, 6.07) is 16.0. The highest BCUT2D eigenvalue weighted by atomic mass is 32.2. The van der Waals surface area contributed by atoms with Gasteiger partial charge in [0.1, 0.15) is 0 Å². The highest BCUT2D eigenvalue weighted by Gasteiger charge is 2.27. The number of ether oxygens (including phenoxy) is 2. The number of carbonyl (C=O) groups excluding carboxylic acids is 1. The fourth-order valence-corrected chi connectivity index (χ4v) is 4.41. The minimum Gasteiger partial charge on any atom is -0.493 e. The molecule has 0 spiro atoms. The number of methoxy groups -OCH3 is 2. The molecule has 1 aliphatic heterocycles. The summed E-state index contributed by atoms with van der Waals surface area (Å²) in [6.45, 7) is 1.17. The summed E-state index contributed by atoms with van der Waals surface area (Å²) in [4.78, 5) is 16.2. The van der Waals surface area contributed by atoms with Crippen LogP contribution in [0.3, 0.4) is 0 Å². The Balaban J connectivity index is 1.49. The van der Waals surface area contributed by atoms with E-state index in [-0.39, 0.29) is 5.91 Å². The van der Waals surface area contributed by atoms with E-state index >= 15 is 0 Å². The number of fused-ring (bicyclic) bond motifs is 1. The molecule has 29 heavy (non-hydrogen) atoms. The first-order valence-electron chi connectivity index (χ1n) is 9.47. The predicted molar refractivity (Wildman–Crippen MR) is 113 cm³/mol. The average Bonchev–Trinajstić information content (AvgIpc) is 3.25. The molecule has 150 valence electrons. The summed E-state index contributed by atoms with van der Waals surface area (Å²) < 4.78 is 16.4. The lowest BCUT2D eigenvalue weighted by Gasteiger charge is -2.29. The molecule has 5 nitrogen and oxygen atoms in total. The molecule has 1 amide bonds. The van der Waals surface area contributed by atoms with Gasteiger partial charge >= 0.3 is 0 Å². The molecule has 0 atom stereocenters. The van der Waals surface area contributed by atoms with E-state index in [2.05, 4.69) is 12.1 Å². The van der Waals surface area contributed by atoms with Crippen molar-refractivity contribution < 1.29 is 18.7 Å². The summed E-state index contributed by atoms with van der Waals surface area (Å²) in [6.07, 6.45) is 2.37. The van der Waals surface area contributed by atoms with E-state index in [1.165, 1.54) is 10.5 Å². The Morgan fingerprint density at radius 1 is 1.07 bits per heavy atom. The maximum Gasteiger partial charge on any atom is 0.290 e. The molecule has 2 aromatic carbocycles. The lowest BCUT2D eigenvalue weighted by Crippen LogP contribution is -2.36. The van der Waals surface area contributed by atoms with E-state index in [0.717, 1.165) is 23.3 Å². The third-order valence-electron chi connectivity index (χ3n) is 5.08. The molecular formula is C23H23NO4S. The van der Waals surface area contributed by atoms with Crippen molar-refractivity contribution in [2.24, 2.45) is 0 Å². The van der Waals surface area contributed by atoms with Gasteiger partial charge in [0, 0.05) is 29.3 Å². The van der Waals surface area contributed by atoms with Crippen LogP contribution in [0.1, 0.15) is 27.2 Å². The van der Waals surface area contributed by atoms with Crippen LogP contribution in [-0.2, 0) is 18.7 Å². The van der Waals surface area contributed by atoms with Gasteiger partial charge in [-0.2, -0.15) is 0 Å². The van der Waals surface area contributed by atoms with Crippen molar-refractivity contribution in [1.29, 1.82) is 0 Å². The first-order valence-corrected chi connectivity index (χ1v) is 10.5. The zero-order valence-electron chi connectivity index (χ0n) is 16.5. The summed E-state index contributed by atoms with van der Waals surface area (Å²) in [5, 5.41) is 0. The van der Waals surface area contributed by atoms with Crippen LogP contribution in [0.25, 0.3) is 0 Å². The number of carbonyl (C=O) groups is 1. The highest BCUT2D eigenvalue weighted by molar-refractivity contribution is 7.98. The molecule has 0 aliphatic carbocycles. The molecule has 0 fully saturated rings. The van der Waals surface area contributed by atoms with E-state index in [9.17, 15) is 4.79 Å². The second kappa shape index (κ2) is 8.66. The lowest BCUT2D eigenvalue weighted by molar-refractivity contribution is 0.0701. The predicted octanol–water partition coefficient (Wildman–Crippen LogP) is 4.79. The molecule has 4 rings (SSSR count). The number of thioether (sulfide) groups is 1. The van der Waals surface area contributed by atoms with Crippen LogP contribution in [0, 0.1) is 0 Å². The molecule has 0 saturated carbocycles. The van der Waals surface area contributed by atoms with Crippen LogP contribution >= 0.6 is 11.8 Å². The van der Waals surface area contributed by atoms with Crippen molar-refractivity contribution in [3.05, 3.63) is 77.2 Å². The Hall–Kier alpha value is -2.86. The zero-order valence-corrected chi connectivity index (χ0v) is 17.3. The molecule has 0 saturated heterocycles. The first kappa shape index (κ1) is 19.5. The second-order valence-electron chi connectivity index (χ2n) is 6.83. The molecule has 0 bridgehead atoms. The smallest absolute Gasteiger partial charge is 0.290 e. The van der Waals surface area contributed by atoms with Crippen molar-refractivity contribution >= 4 is 17.7 Å². The van der Waals surface area contributed by atoms with Crippen molar-refractivity contribution in [3.8, 4) is 11.5 Å². The average molecular weight is 410 g/mol.